The van der Waals surface area contributed by atoms with Gasteiger partial charge in [0.15, 0.2) is 0 Å². The molecule has 2 aromatic heterocycles. The van der Waals surface area contributed by atoms with Crippen molar-refractivity contribution in [3.8, 4) is 17.3 Å². The number of carbonyl (C=O) groups excluding carboxylic acids is 1. The zero-order valence-corrected chi connectivity index (χ0v) is 15.2. The Morgan fingerprint density at radius 1 is 1.26 bits per heavy atom. The molecular weight excluding hydrogens is 344 g/mol. The summed E-state index contributed by atoms with van der Waals surface area (Å²) >= 11 is 0. The van der Waals surface area contributed by atoms with E-state index < -0.39 is 0 Å². The smallest absolute Gasteiger partial charge is 0.264 e. The number of methoxy groups -OCH3 is 1. The number of benzene rings is 1. The molecular formula is C20H22N4O3. The van der Waals surface area contributed by atoms with Gasteiger partial charge in [-0.1, -0.05) is 24.6 Å². The quantitative estimate of drug-likeness (QED) is 0.695. The molecule has 7 nitrogen and oxygen atoms in total. The van der Waals surface area contributed by atoms with Gasteiger partial charge >= 0.3 is 0 Å². The predicted molar refractivity (Wildman–Crippen MR) is 99.2 cm³/mol. The highest BCUT2D eigenvalue weighted by atomic mass is 16.5. The van der Waals surface area contributed by atoms with E-state index in [4.69, 9.17) is 9.15 Å². The Morgan fingerprint density at radius 2 is 2.11 bits per heavy atom. The van der Waals surface area contributed by atoms with Crippen molar-refractivity contribution in [1.29, 1.82) is 0 Å². The van der Waals surface area contributed by atoms with E-state index >= 15 is 0 Å². The molecule has 1 fully saturated rings. The summed E-state index contributed by atoms with van der Waals surface area (Å²) in [7, 11) is 1.62. The molecule has 7 heteroatoms. The SMILES string of the molecule is COc1ccccc1CNC(=O)Cn1cccc1-c1nnc(C2CCC2)o1. The van der Waals surface area contributed by atoms with Gasteiger partial charge in [-0.25, -0.2) is 0 Å². The molecule has 0 saturated heterocycles. The van der Waals surface area contributed by atoms with E-state index in [0.29, 0.717) is 24.2 Å². The highest BCUT2D eigenvalue weighted by Crippen LogP contribution is 2.36. The Morgan fingerprint density at radius 3 is 2.89 bits per heavy atom. The molecule has 3 aromatic rings. The number of ether oxygens (including phenoxy) is 1. The van der Waals surface area contributed by atoms with Crippen molar-refractivity contribution in [2.45, 2.75) is 38.3 Å². The van der Waals surface area contributed by atoms with Crippen LogP contribution in [0.3, 0.4) is 0 Å². The molecule has 1 N–H and O–H groups in total. The minimum atomic E-state index is -0.0999. The molecule has 0 unspecified atom stereocenters. The lowest BCUT2D eigenvalue weighted by Gasteiger charge is -2.20. The number of nitrogens with zero attached hydrogens (tertiary/aromatic N) is 3. The van der Waals surface area contributed by atoms with E-state index in [1.54, 1.807) is 7.11 Å². The lowest BCUT2D eigenvalue weighted by atomic mass is 9.85. The van der Waals surface area contributed by atoms with Gasteiger partial charge in [0.05, 0.1) is 7.11 Å². The fourth-order valence-corrected chi connectivity index (χ4v) is 3.16. The van der Waals surface area contributed by atoms with Gasteiger partial charge in [-0.3, -0.25) is 4.79 Å². The summed E-state index contributed by atoms with van der Waals surface area (Å²) in [6.07, 6.45) is 5.26. The maximum atomic E-state index is 12.4. The van der Waals surface area contributed by atoms with Gasteiger partial charge in [-0.15, -0.1) is 10.2 Å². The Kier molecular flexibility index (Phi) is 4.91. The number of nitrogens with one attached hydrogen (secondary N) is 1. The first kappa shape index (κ1) is 17.3. The molecule has 1 aliphatic rings. The number of rotatable bonds is 7. The van der Waals surface area contributed by atoms with Crippen molar-refractivity contribution in [2.75, 3.05) is 7.11 Å². The van der Waals surface area contributed by atoms with Crippen LogP contribution in [-0.2, 0) is 17.9 Å². The van der Waals surface area contributed by atoms with Crippen LogP contribution < -0.4 is 10.1 Å². The molecule has 2 heterocycles. The van der Waals surface area contributed by atoms with Gasteiger partial charge in [0.25, 0.3) is 5.89 Å². The van der Waals surface area contributed by atoms with Crippen molar-refractivity contribution in [1.82, 2.24) is 20.1 Å². The molecule has 4 rings (SSSR count). The minimum Gasteiger partial charge on any atom is -0.496 e. The molecule has 1 aromatic carbocycles. The molecule has 0 bridgehead atoms. The Balaban J connectivity index is 1.40. The first-order chi connectivity index (χ1) is 13.2. The average Bonchev–Trinajstić information content (AvgIpc) is 3.28. The van der Waals surface area contributed by atoms with Crippen molar-refractivity contribution < 1.29 is 13.9 Å². The van der Waals surface area contributed by atoms with E-state index in [9.17, 15) is 4.79 Å². The third-order valence-electron chi connectivity index (χ3n) is 4.93. The van der Waals surface area contributed by atoms with E-state index in [0.717, 1.165) is 29.8 Å². The van der Waals surface area contributed by atoms with Gasteiger partial charge < -0.3 is 19.0 Å². The van der Waals surface area contributed by atoms with Crippen molar-refractivity contribution in [2.24, 2.45) is 0 Å². The summed E-state index contributed by atoms with van der Waals surface area (Å²) in [6.45, 7) is 0.588. The van der Waals surface area contributed by atoms with Crippen molar-refractivity contribution >= 4 is 5.91 Å². The van der Waals surface area contributed by atoms with Crippen LogP contribution in [0.25, 0.3) is 11.6 Å². The van der Waals surface area contributed by atoms with Crippen LogP contribution in [-0.4, -0.2) is 27.8 Å². The van der Waals surface area contributed by atoms with Crippen LogP contribution >= 0.6 is 0 Å². The number of amides is 1. The Hall–Kier alpha value is -3.09. The first-order valence-corrected chi connectivity index (χ1v) is 9.12. The van der Waals surface area contributed by atoms with Gasteiger partial charge in [0.2, 0.25) is 11.8 Å². The lowest BCUT2D eigenvalue weighted by Crippen LogP contribution is -2.27. The molecule has 0 radical (unpaired) electrons. The van der Waals surface area contributed by atoms with Crippen LogP contribution in [0.5, 0.6) is 5.75 Å². The molecule has 0 atom stereocenters. The predicted octanol–water partition coefficient (Wildman–Crippen LogP) is 3.13. The standard InChI is InChI=1S/C20H22N4O3/c1-26-17-10-3-2-6-15(17)12-21-18(25)13-24-11-5-9-16(24)20-23-22-19(27-20)14-7-4-8-14/h2-3,5-6,9-11,14H,4,7-8,12-13H2,1H3,(H,21,25). The monoisotopic (exact) mass is 366 g/mol. The van der Waals surface area contributed by atoms with Crippen LogP contribution in [0.15, 0.2) is 47.0 Å². The number of aromatic nitrogens is 3. The normalized spacial score (nSPS) is 14.0. The second-order valence-corrected chi connectivity index (χ2v) is 6.68. The van der Waals surface area contributed by atoms with Crippen LogP contribution in [0.4, 0.5) is 0 Å². The molecule has 1 amide bonds. The van der Waals surface area contributed by atoms with Crippen molar-refractivity contribution in [3.05, 3.63) is 54.0 Å². The molecule has 27 heavy (non-hydrogen) atoms. The van der Waals surface area contributed by atoms with Crippen molar-refractivity contribution in [3.63, 3.8) is 0 Å². The van der Waals surface area contributed by atoms with Gasteiger partial charge in [-0.05, 0) is 31.0 Å². The highest BCUT2D eigenvalue weighted by Gasteiger charge is 2.26. The van der Waals surface area contributed by atoms with Gasteiger partial charge in [0.1, 0.15) is 18.0 Å². The van der Waals surface area contributed by atoms with Gasteiger partial charge in [-0.2, -0.15) is 0 Å². The molecule has 1 saturated carbocycles. The van der Waals surface area contributed by atoms with E-state index in [-0.39, 0.29) is 12.5 Å². The maximum Gasteiger partial charge on any atom is 0.264 e. The number of carbonyl (C=O) groups is 1. The molecule has 140 valence electrons. The van der Waals surface area contributed by atoms with Crippen LogP contribution in [0.2, 0.25) is 0 Å². The highest BCUT2D eigenvalue weighted by molar-refractivity contribution is 5.76. The average molecular weight is 366 g/mol. The zero-order valence-electron chi connectivity index (χ0n) is 15.2. The van der Waals surface area contributed by atoms with E-state index in [1.807, 2.05) is 47.2 Å². The summed E-state index contributed by atoms with van der Waals surface area (Å²) in [4.78, 5) is 12.4. The number of hydrogen-bond donors (Lipinski definition) is 1. The first-order valence-electron chi connectivity index (χ1n) is 9.12. The summed E-state index contributed by atoms with van der Waals surface area (Å²) in [5.41, 5.74) is 1.68. The maximum absolute atomic E-state index is 12.4. The Bertz CT molecular complexity index is 927. The van der Waals surface area contributed by atoms with E-state index in [2.05, 4.69) is 15.5 Å². The third kappa shape index (κ3) is 3.72. The third-order valence-corrected chi connectivity index (χ3v) is 4.93. The molecule has 0 aliphatic heterocycles. The number of para-hydroxylation sites is 1. The fraction of sp³-hybridized carbons (Fsp3) is 0.350. The zero-order chi connectivity index (χ0) is 18.6. The summed E-state index contributed by atoms with van der Waals surface area (Å²) < 4.78 is 12.9. The summed E-state index contributed by atoms with van der Waals surface area (Å²) in [5.74, 6) is 2.20. The minimum absolute atomic E-state index is 0.0999. The second kappa shape index (κ2) is 7.65. The second-order valence-electron chi connectivity index (χ2n) is 6.68. The van der Waals surface area contributed by atoms with E-state index in [1.165, 1.54) is 6.42 Å². The summed E-state index contributed by atoms with van der Waals surface area (Å²) in [6, 6.07) is 11.4. The Labute approximate surface area is 157 Å². The topological polar surface area (TPSA) is 82.2 Å². The largest absolute Gasteiger partial charge is 0.496 e. The lowest BCUT2D eigenvalue weighted by molar-refractivity contribution is -0.121. The van der Waals surface area contributed by atoms with Crippen LogP contribution in [0.1, 0.15) is 36.6 Å². The van der Waals surface area contributed by atoms with Crippen LogP contribution in [0, 0.1) is 0 Å². The summed E-state index contributed by atoms with van der Waals surface area (Å²) in [5, 5.41) is 11.3. The fourth-order valence-electron chi connectivity index (χ4n) is 3.16. The van der Waals surface area contributed by atoms with Gasteiger partial charge in [0, 0.05) is 24.2 Å². The molecule has 0 spiro atoms. The molecule has 1 aliphatic carbocycles. The number of hydrogen-bond acceptors (Lipinski definition) is 5.